The number of rotatable bonds is 3. The molecule has 0 aliphatic carbocycles. The van der Waals surface area contributed by atoms with E-state index in [1.54, 1.807) is 17.1 Å². The van der Waals surface area contributed by atoms with Crippen LogP contribution in [0.15, 0.2) is 35.2 Å². The van der Waals surface area contributed by atoms with E-state index in [0.29, 0.717) is 13.1 Å². The Kier molecular flexibility index (Phi) is 2.14. The van der Waals surface area contributed by atoms with Crippen molar-refractivity contribution in [3.8, 4) is 0 Å². The van der Waals surface area contributed by atoms with E-state index in [1.807, 2.05) is 18.3 Å². The molecule has 0 aliphatic rings. The summed E-state index contributed by atoms with van der Waals surface area (Å²) >= 11 is 0. The molecule has 13 heavy (non-hydrogen) atoms. The van der Waals surface area contributed by atoms with Crippen LogP contribution in [0.1, 0.15) is 11.3 Å². The van der Waals surface area contributed by atoms with Crippen LogP contribution >= 0.6 is 0 Å². The molecule has 0 atom stereocenters. The second-order valence-corrected chi connectivity index (χ2v) is 2.78. The summed E-state index contributed by atoms with van der Waals surface area (Å²) in [5, 5.41) is 4.08. The fraction of sp³-hybridized carbons (Fsp3) is 0.222. The van der Waals surface area contributed by atoms with E-state index < -0.39 is 0 Å². The Balaban J connectivity index is 2.18. The molecule has 0 unspecified atom stereocenters. The maximum Gasteiger partial charge on any atom is 0.129 e. The van der Waals surface area contributed by atoms with Crippen molar-refractivity contribution in [2.45, 2.75) is 13.1 Å². The van der Waals surface area contributed by atoms with Crippen LogP contribution in [0.5, 0.6) is 0 Å². The highest BCUT2D eigenvalue weighted by atomic mass is 16.3. The minimum absolute atomic E-state index is 0.507. The van der Waals surface area contributed by atoms with Gasteiger partial charge in [-0.25, -0.2) is 0 Å². The van der Waals surface area contributed by atoms with Gasteiger partial charge in [0.05, 0.1) is 12.8 Å². The number of furan rings is 1. The van der Waals surface area contributed by atoms with Crippen LogP contribution in [0.3, 0.4) is 0 Å². The Morgan fingerprint density at radius 3 is 3.15 bits per heavy atom. The molecule has 2 N–H and O–H groups in total. The molecule has 2 aromatic heterocycles. The Morgan fingerprint density at radius 2 is 2.46 bits per heavy atom. The van der Waals surface area contributed by atoms with Crippen molar-refractivity contribution in [1.82, 2.24) is 9.78 Å². The summed E-state index contributed by atoms with van der Waals surface area (Å²) in [6.45, 7) is 1.15. The molecule has 0 amide bonds. The van der Waals surface area contributed by atoms with Crippen molar-refractivity contribution in [2.75, 3.05) is 0 Å². The lowest BCUT2D eigenvalue weighted by Crippen LogP contribution is -2.04. The summed E-state index contributed by atoms with van der Waals surface area (Å²) in [5.41, 5.74) is 6.57. The Bertz CT molecular complexity index is 364. The van der Waals surface area contributed by atoms with Gasteiger partial charge in [0.15, 0.2) is 0 Å². The molecule has 4 heteroatoms. The molecule has 2 rings (SSSR count). The van der Waals surface area contributed by atoms with Gasteiger partial charge in [-0.1, -0.05) is 0 Å². The molecule has 0 bridgehead atoms. The van der Waals surface area contributed by atoms with Gasteiger partial charge in [-0.15, -0.1) is 0 Å². The average molecular weight is 177 g/mol. The first-order chi connectivity index (χ1) is 6.40. The van der Waals surface area contributed by atoms with E-state index in [-0.39, 0.29) is 0 Å². The first-order valence-corrected chi connectivity index (χ1v) is 4.13. The summed E-state index contributed by atoms with van der Waals surface area (Å²) in [7, 11) is 0. The smallest absolute Gasteiger partial charge is 0.129 e. The lowest BCUT2D eigenvalue weighted by atomic mass is 10.2. The molecule has 0 aliphatic heterocycles. The number of aromatic nitrogens is 2. The molecule has 0 fully saturated rings. The predicted octanol–water partition coefficient (Wildman–Crippen LogP) is 0.983. The summed E-state index contributed by atoms with van der Waals surface area (Å²) < 4.78 is 7.09. The molecule has 0 aromatic carbocycles. The van der Waals surface area contributed by atoms with Gasteiger partial charge in [0.25, 0.3) is 0 Å². The standard InChI is InChI=1S/C9H11N3O/c10-6-8-2-5-13-9(8)7-12-4-1-3-11-12/h1-5H,6-7,10H2. The van der Waals surface area contributed by atoms with Crippen molar-refractivity contribution >= 4 is 0 Å². The van der Waals surface area contributed by atoms with Crippen molar-refractivity contribution in [3.63, 3.8) is 0 Å². The summed E-state index contributed by atoms with van der Waals surface area (Å²) in [5.74, 6) is 0.881. The largest absolute Gasteiger partial charge is 0.467 e. The fourth-order valence-corrected chi connectivity index (χ4v) is 1.23. The maximum atomic E-state index is 5.53. The second-order valence-electron chi connectivity index (χ2n) is 2.78. The van der Waals surface area contributed by atoms with E-state index in [0.717, 1.165) is 11.3 Å². The zero-order valence-corrected chi connectivity index (χ0v) is 7.18. The van der Waals surface area contributed by atoms with Crippen LogP contribution in [0.25, 0.3) is 0 Å². The van der Waals surface area contributed by atoms with Crippen molar-refractivity contribution < 1.29 is 4.42 Å². The van der Waals surface area contributed by atoms with Crippen molar-refractivity contribution in [1.29, 1.82) is 0 Å². The summed E-state index contributed by atoms with van der Waals surface area (Å²) in [6.07, 6.45) is 5.29. The topological polar surface area (TPSA) is 57.0 Å². The molecule has 0 saturated carbocycles. The van der Waals surface area contributed by atoms with Gasteiger partial charge in [0.1, 0.15) is 5.76 Å². The molecule has 2 aromatic rings. The van der Waals surface area contributed by atoms with Crippen molar-refractivity contribution in [2.24, 2.45) is 5.73 Å². The summed E-state index contributed by atoms with van der Waals surface area (Å²) in [4.78, 5) is 0. The van der Waals surface area contributed by atoms with E-state index in [2.05, 4.69) is 5.10 Å². The fourth-order valence-electron chi connectivity index (χ4n) is 1.23. The Labute approximate surface area is 76.0 Å². The van der Waals surface area contributed by atoms with Gasteiger partial charge in [-0.05, 0) is 12.1 Å². The van der Waals surface area contributed by atoms with Crippen molar-refractivity contribution in [3.05, 3.63) is 42.1 Å². The van der Waals surface area contributed by atoms with Crippen LogP contribution < -0.4 is 5.73 Å². The SMILES string of the molecule is NCc1ccoc1Cn1cccn1. The van der Waals surface area contributed by atoms with Crippen LogP contribution in [-0.2, 0) is 13.1 Å². The van der Waals surface area contributed by atoms with Gasteiger partial charge in [0, 0.05) is 24.5 Å². The number of nitrogens with zero attached hydrogens (tertiary/aromatic N) is 2. The molecule has 0 saturated heterocycles. The maximum absolute atomic E-state index is 5.53. The number of hydrogen-bond donors (Lipinski definition) is 1. The van der Waals surface area contributed by atoms with Crippen LogP contribution in [0, 0.1) is 0 Å². The van der Waals surface area contributed by atoms with E-state index in [1.165, 1.54) is 0 Å². The number of nitrogens with two attached hydrogens (primary N) is 1. The van der Waals surface area contributed by atoms with Gasteiger partial charge in [0.2, 0.25) is 0 Å². The second kappa shape index (κ2) is 3.45. The highest BCUT2D eigenvalue weighted by Crippen LogP contribution is 2.10. The average Bonchev–Trinajstić information content (AvgIpc) is 2.76. The summed E-state index contributed by atoms with van der Waals surface area (Å²) in [6, 6.07) is 3.77. The first kappa shape index (κ1) is 8.07. The number of hydrogen-bond acceptors (Lipinski definition) is 3. The molecule has 0 radical (unpaired) electrons. The lowest BCUT2D eigenvalue weighted by molar-refractivity contribution is 0.475. The molecular weight excluding hydrogens is 166 g/mol. The quantitative estimate of drug-likeness (QED) is 0.760. The van der Waals surface area contributed by atoms with Gasteiger partial charge < -0.3 is 10.2 Å². The van der Waals surface area contributed by atoms with E-state index >= 15 is 0 Å². The molecular formula is C9H11N3O. The minimum atomic E-state index is 0.507. The third-order valence-corrected chi connectivity index (χ3v) is 1.92. The van der Waals surface area contributed by atoms with E-state index in [9.17, 15) is 0 Å². The molecule has 0 spiro atoms. The van der Waals surface area contributed by atoms with Gasteiger partial charge >= 0.3 is 0 Å². The molecule has 68 valence electrons. The van der Waals surface area contributed by atoms with Crippen LogP contribution in [0.4, 0.5) is 0 Å². The zero-order valence-electron chi connectivity index (χ0n) is 7.18. The third kappa shape index (κ3) is 1.62. The normalized spacial score (nSPS) is 10.5. The lowest BCUT2D eigenvalue weighted by Gasteiger charge is -1.99. The highest BCUT2D eigenvalue weighted by Gasteiger charge is 2.04. The monoisotopic (exact) mass is 177 g/mol. The zero-order chi connectivity index (χ0) is 9.10. The van der Waals surface area contributed by atoms with Gasteiger partial charge in [-0.3, -0.25) is 4.68 Å². The van der Waals surface area contributed by atoms with Crippen LogP contribution in [0.2, 0.25) is 0 Å². The molecule has 2 heterocycles. The highest BCUT2D eigenvalue weighted by molar-refractivity contribution is 5.16. The Morgan fingerprint density at radius 1 is 1.54 bits per heavy atom. The third-order valence-electron chi connectivity index (χ3n) is 1.92. The first-order valence-electron chi connectivity index (χ1n) is 4.13. The van der Waals surface area contributed by atoms with Crippen LogP contribution in [-0.4, -0.2) is 9.78 Å². The predicted molar refractivity (Wildman–Crippen MR) is 47.9 cm³/mol. The van der Waals surface area contributed by atoms with Gasteiger partial charge in [-0.2, -0.15) is 5.10 Å². The Hall–Kier alpha value is -1.55. The minimum Gasteiger partial charge on any atom is -0.467 e. The van der Waals surface area contributed by atoms with E-state index in [4.69, 9.17) is 10.2 Å². The molecule has 4 nitrogen and oxygen atoms in total.